The fourth-order valence-electron chi connectivity index (χ4n) is 4.60. The summed E-state index contributed by atoms with van der Waals surface area (Å²) < 4.78 is 43.1. The Balaban J connectivity index is 1.21. The molecule has 2 aliphatic carbocycles. The van der Waals surface area contributed by atoms with Crippen molar-refractivity contribution in [3.63, 3.8) is 0 Å². The zero-order valence-corrected chi connectivity index (χ0v) is 21.4. The molecule has 0 unspecified atom stereocenters. The molecule has 0 radical (unpaired) electrons. The fourth-order valence-corrected chi connectivity index (χ4v) is 5.94. The number of imidazole rings is 1. The molecule has 2 saturated carbocycles. The average Bonchev–Trinajstić information content (AvgIpc) is 3.53. The highest BCUT2D eigenvalue weighted by Gasteiger charge is 2.27. The number of aromatic nitrogens is 6. The van der Waals surface area contributed by atoms with Gasteiger partial charge in [-0.2, -0.15) is 19.6 Å². The molecule has 15 heteroatoms. The van der Waals surface area contributed by atoms with Crippen LogP contribution in [0, 0.1) is 5.82 Å². The van der Waals surface area contributed by atoms with Gasteiger partial charge in [0.2, 0.25) is 21.9 Å². The maximum absolute atomic E-state index is 13.5. The second kappa shape index (κ2) is 9.89. The van der Waals surface area contributed by atoms with Gasteiger partial charge in [-0.15, -0.1) is 0 Å². The zero-order valence-electron chi connectivity index (χ0n) is 20.6. The number of halogens is 1. The van der Waals surface area contributed by atoms with Crippen molar-refractivity contribution in [3.8, 4) is 5.88 Å². The lowest BCUT2D eigenvalue weighted by atomic mass is 9.92. The van der Waals surface area contributed by atoms with E-state index in [1.54, 1.807) is 12.3 Å². The minimum absolute atomic E-state index is 0.00317. The Kier molecular flexibility index (Phi) is 6.38. The van der Waals surface area contributed by atoms with Crippen molar-refractivity contribution < 1.29 is 17.9 Å². The van der Waals surface area contributed by atoms with Gasteiger partial charge in [0.05, 0.1) is 17.1 Å². The first kappa shape index (κ1) is 25.2. The molecule has 4 aromatic rings. The molecular weight excluding hydrogens is 529 g/mol. The summed E-state index contributed by atoms with van der Waals surface area (Å²) in [5.74, 6) is -0.542. The van der Waals surface area contributed by atoms with E-state index in [1.807, 2.05) is 0 Å². The number of hydrogen-bond acceptors (Lipinski definition) is 9. The molecule has 13 nitrogen and oxygen atoms in total. The van der Waals surface area contributed by atoms with Crippen molar-refractivity contribution >= 4 is 27.7 Å². The summed E-state index contributed by atoms with van der Waals surface area (Å²) in [6.07, 6.45) is 7.56. The maximum atomic E-state index is 13.5. The second-order valence-electron chi connectivity index (χ2n) is 9.80. The van der Waals surface area contributed by atoms with Crippen LogP contribution >= 0.6 is 0 Å². The van der Waals surface area contributed by atoms with Gasteiger partial charge < -0.3 is 15.4 Å². The van der Waals surface area contributed by atoms with Crippen molar-refractivity contribution in [2.75, 3.05) is 5.32 Å². The van der Waals surface area contributed by atoms with Crippen LogP contribution < -0.4 is 26.6 Å². The highest BCUT2D eigenvalue weighted by atomic mass is 32.2. The van der Waals surface area contributed by atoms with Crippen LogP contribution in [0.5, 0.6) is 5.88 Å². The molecule has 39 heavy (non-hydrogen) atoms. The molecule has 0 spiro atoms. The lowest BCUT2D eigenvalue weighted by molar-refractivity contribution is 0.386. The summed E-state index contributed by atoms with van der Waals surface area (Å²) in [7, 11) is -3.82. The quantitative estimate of drug-likeness (QED) is 0.216. The van der Waals surface area contributed by atoms with Crippen molar-refractivity contribution in [2.45, 2.75) is 61.5 Å². The van der Waals surface area contributed by atoms with E-state index < -0.39 is 21.5 Å². The molecule has 6 rings (SSSR count). The number of anilines is 1. The summed E-state index contributed by atoms with van der Waals surface area (Å²) in [5.41, 5.74) is 0.506. The van der Waals surface area contributed by atoms with Gasteiger partial charge in [0, 0.05) is 17.3 Å². The maximum Gasteiger partial charge on any atom is 0.326 e. The van der Waals surface area contributed by atoms with Gasteiger partial charge in [-0.1, -0.05) is 6.07 Å². The largest absolute Gasteiger partial charge is 0.493 e. The van der Waals surface area contributed by atoms with Crippen LogP contribution in [0.1, 0.15) is 44.2 Å². The van der Waals surface area contributed by atoms with E-state index in [0.717, 1.165) is 18.9 Å². The fraction of sp³-hybridized carbons (Fsp3) is 0.375. The molecule has 3 aromatic heterocycles. The number of H-pyrrole nitrogens is 2. The molecule has 2 aliphatic rings. The van der Waals surface area contributed by atoms with Gasteiger partial charge in [0.1, 0.15) is 11.5 Å². The van der Waals surface area contributed by atoms with Gasteiger partial charge >= 0.3 is 5.69 Å². The predicted molar refractivity (Wildman–Crippen MR) is 138 cm³/mol. The van der Waals surface area contributed by atoms with Crippen molar-refractivity contribution in [3.05, 3.63) is 63.3 Å². The standard InChI is InChI=1S/C24H26FN9O4S/c25-14-2-1-3-18(11-14)39(37,38)33-17-8-6-15(7-9-17)27-22-30-20-13(10-19-21(35)31-24(36)29-19)12-26-34(20)23(32-22)28-16-4-5-16/h1-3,10-12,15-17,33,35H,4-9H2,(H,27,28,32)(H2,29,31,36)/b13-10-. The number of nitrogens with zero attached hydrogens (tertiary/aromatic N) is 5. The van der Waals surface area contributed by atoms with Gasteiger partial charge in [-0.25, -0.2) is 27.3 Å². The van der Waals surface area contributed by atoms with E-state index in [0.29, 0.717) is 48.1 Å². The molecule has 0 saturated heterocycles. The van der Waals surface area contributed by atoms with Crippen LogP contribution in [0.15, 0.2) is 45.1 Å². The third kappa shape index (κ3) is 5.54. The van der Waals surface area contributed by atoms with Crippen LogP contribution in [-0.2, 0) is 10.0 Å². The number of fused-ring (bicyclic) bond motifs is 1. The second-order valence-corrected chi connectivity index (χ2v) is 11.5. The lowest BCUT2D eigenvalue weighted by Crippen LogP contribution is -2.40. The number of nitrogens with one attached hydrogen (secondary N) is 4. The normalized spacial score (nSPS) is 21.1. The third-order valence-corrected chi connectivity index (χ3v) is 8.27. The molecule has 0 amide bonds. The number of aromatic amines is 2. The number of sulfonamides is 1. The van der Waals surface area contributed by atoms with Crippen LogP contribution in [0.2, 0.25) is 0 Å². The monoisotopic (exact) mass is 555 g/mol. The molecule has 5 N–H and O–H groups in total. The first-order chi connectivity index (χ1) is 18.7. The first-order valence-electron chi connectivity index (χ1n) is 12.6. The van der Waals surface area contributed by atoms with Crippen molar-refractivity contribution in [1.82, 2.24) is 34.3 Å². The molecule has 3 heterocycles. The smallest absolute Gasteiger partial charge is 0.326 e. The van der Waals surface area contributed by atoms with Crippen LogP contribution in [0.25, 0.3) is 11.7 Å². The summed E-state index contributed by atoms with van der Waals surface area (Å²) in [4.78, 5) is 30.1. The molecule has 204 valence electrons. The Hall–Kier alpha value is -4.11. The number of benzene rings is 1. The zero-order chi connectivity index (χ0) is 27.1. The summed E-state index contributed by atoms with van der Waals surface area (Å²) in [5, 5.41) is 18.2. The number of rotatable bonds is 7. The third-order valence-electron chi connectivity index (χ3n) is 6.75. The molecule has 0 aliphatic heterocycles. The minimum atomic E-state index is -3.82. The summed E-state index contributed by atoms with van der Waals surface area (Å²) in [6, 6.07) is 4.85. The van der Waals surface area contributed by atoms with Gasteiger partial charge in [-0.05, 0) is 62.8 Å². The Labute approximate surface area is 221 Å². The molecule has 1 aromatic carbocycles. The van der Waals surface area contributed by atoms with Crippen molar-refractivity contribution in [2.24, 2.45) is 4.99 Å². The van der Waals surface area contributed by atoms with E-state index in [9.17, 15) is 22.7 Å². The Morgan fingerprint density at radius 1 is 1.10 bits per heavy atom. The van der Waals surface area contributed by atoms with Crippen molar-refractivity contribution in [1.29, 1.82) is 0 Å². The Morgan fingerprint density at radius 3 is 2.56 bits per heavy atom. The van der Waals surface area contributed by atoms with E-state index in [4.69, 9.17) is 0 Å². The van der Waals surface area contributed by atoms with Gasteiger partial charge in [0.15, 0.2) is 5.65 Å². The van der Waals surface area contributed by atoms with E-state index >= 15 is 0 Å². The highest BCUT2D eigenvalue weighted by Crippen LogP contribution is 2.24. The highest BCUT2D eigenvalue weighted by molar-refractivity contribution is 7.89. The van der Waals surface area contributed by atoms with E-state index in [-0.39, 0.29) is 34.6 Å². The van der Waals surface area contributed by atoms with E-state index in [1.165, 1.54) is 22.7 Å². The van der Waals surface area contributed by atoms with Crippen LogP contribution in [-0.4, -0.2) is 61.2 Å². The van der Waals surface area contributed by atoms with Crippen LogP contribution in [0.4, 0.5) is 10.3 Å². The number of aromatic hydroxyl groups is 1. The average molecular weight is 556 g/mol. The molecule has 0 atom stereocenters. The topological polar surface area (TPSA) is 183 Å². The van der Waals surface area contributed by atoms with Gasteiger partial charge in [0.25, 0.3) is 5.62 Å². The number of hydrogen-bond donors (Lipinski definition) is 5. The SMILES string of the molecule is O=c1[nH]c(O)c(/C=c2/cnn3c(=NC4CC4)nc(NC4CCC(NS(=O)(=O)c5cccc(F)c5)CC4)nc23)[nH]1. The first-order valence-corrected chi connectivity index (χ1v) is 14.1. The summed E-state index contributed by atoms with van der Waals surface area (Å²) >= 11 is 0. The predicted octanol–water partition coefficient (Wildman–Crippen LogP) is 0.298. The molecule has 0 bridgehead atoms. The van der Waals surface area contributed by atoms with Crippen LogP contribution in [0.3, 0.4) is 0 Å². The molecule has 2 fully saturated rings. The van der Waals surface area contributed by atoms with E-state index in [2.05, 4.69) is 40.1 Å². The minimum Gasteiger partial charge on any atom is -0.493 e. The Bertz CT molecular complexity index is 1820. The summed E-state index contributed by atoms with van der Waals surface area (Å²) in [6.45, 7) is 0. The lowest BCUT2D eigenvalue weighted by Gasteiger charge is -2.29. The Morgan fingerprint density at radius 2 is 1.87 bits per heavy atom. The molecular formula is C24H26FN9O4S. The van der Waals surface area contributed by atoms with Gasteiger partial charge in [-0.3, -0.25) is 4.98 Å².